The summed E-state index contributed by atoms with van der Waals surface area (Å²) in [6.07, 6.45) is 0.0778. The van der Waals surface area contributed by atoms with Crippen LogP contribution in [0.15, 0.2) is 18.2 Å². The van der Waals surface area contributed by atoms with E-state index in [2.05, 4.69) is 12.2 Å². The Morgan fingerprint density at radius 3 is 2.20 bits per heavy atom. The van der Waals surface area contributed by atoms with Crippen LogP contribution in [-0.4, -0.2) is 18.8 Å². The van der Waals surface area contributed by atoms with E-state index in [1.165, 1.54) is 18.2 Å². The summed E-state index contributed by atoms with van der Waals surface area (Å²) in [5.74, 6) is -0.686. The first kappa shape index (κ1) is 15.4. The lowest BCUT2D eigenvalue weighted by atomic mass is 9.80. The van der Waals surface area contributed by atoms with Gasteiger partial charge < -0.3 is 10.1 Å². The second-order valence-corrected chi connectivity index (χ2v) is 5.65. The van der Waals surface area contributed by atoms with Crippen LogP contribution in [0.25, 0.3) is 0 Å². The molecular formula is C16H23F2NO. The van der Waals surface area contributed by atoms with E-state index in [4.69, 9.17) is 4.74 Å². The van der Waals surface area contributed by atoms with E-state index in [1.807, 2.05) is 20.8 Å². The van der Waals surface area contributed by atoms with E-state index in [0.29, 0.717) is 6.54 Å². The number of hydrogen-bond acceptors (Lipinski definition) is 2. The highest BCUT2D eigenvalue weighted by molar-refractivity contribution is 5.25. The van der Waals surface area contributed by atoms with Gasteiger partial charge in [-0.1, -0.05) is 19.9 Å². The zero-order chi connectivity index (χ0) is 14.9. The lowest BCUT2D eigenvalue weighted by Gasteiger charge is -2.30. The van der Waals surface area contributed by atoms with Gasteiger partial charge in [-0.15, -0.1) is 0 Å². The molecule has 5 atom stereocenters. The number of hydrogen-bond donors (Lipinski definition) is 1. The third-order valence-electron chi connectivity index (χ3n) is 4.44. The highest BCUT2D eigenvalue weighted by atomic mass is 19.1. The molecule has 1 fully saturated rings. The minimum Gasteiger partial charge on any atom is -0.375 e. The Labute approximate surface area is 119 Å². The third-order valence-corrected chi connectivity index (χ3v) is 4.44. The summed E-state index contributed by atoms with van der Waals surface area (Å²) in [6.45, 7) is 8.68. The van der Waals surface area contributed by atoms with Gasteiger partial charge in [0.2, 0.25) is 0 Å². The van der Waals surface area contributed by atoms with Gasteiger partial charge in [0.05, 0.1) is 12.2 Å². The standard InChI is InChI=1S/C16H23F2NO/c1-5-19-16(14-9(2)10(3)20-11(14)4)15-12(17)7-6-8-13(15)18/h6-11,14,16,19H,5H2,1-4H3. The van der Waals surface area contributed by atoms with Crippen molar-refractivity contribution in [1.82, 2.24) is 5.32 Å². The molecule has 1 heterocycles. The first-order valence-corrected chi connectivity index (χ1v) is 7.30. The van der Waals surface area contributed by atoms with E-state index in [0.717, 1.165) is 0 Å². The Bertz CT molecular complexity index is 446. The highest BCUT2D eigenvalue weighted by Crippen LogP contribution is 2.41. The first-order valence-electron chi connectivity index (χ1n) is 7.30. The van der Waals surface area contributed by atoms with E-state index >= 15 is 0 Å². The van der Waals surface area contributed by atoms with Crippen LogP contribution in [0.4, 0.5) is 8.78 Å². The second-order valence-electron chi connectivity index (χ2n) is 5.65. The van der Waals surface area contributed by atoms with Crippen LogP contribution in [0.2, 0.25) is 0 Å². The predicted molar refractivity (Wildman–Crippen MR) is 75.4 cm³/mol. The molecule has 1 aliphatic rings. The monoisotopic (exact) mass is 283 g/mol. The van der Waals surface area contributed by atoms with Gasteiger partial charge in [0.1, 0.15) is 11.6 Å². The molecule has 0 bridgehead atoms. The van der Waals surface area contributed by atoms with Gasteiger partial charge in [0.15, 0.2) is 0 Å². The van der Waals surface area contributed by atoms with Gasteiger partial charge in [0, 0.05) is 17.5 Å². The molecule has 2 rings (SSSR count). The molecule has 4 heteroatoms. The summed E-state index contributed by atoms with van der Waals surface area (Å²) in [5.41, 5.74) is 0.135. The molecule has 1 aromatic carbocycles. The van der Waals surface area contributed by atoms with Crippen molar-refractivity contribution in [3.05, 3.63) is 35.4 Å². The Hall–Kier alpha value is -1.00. The lowest BCUT2D eigenvalue weighted by Crippen LogP contribution is -2.36. The summed E-state index contributed by atoms with van der Waals surface area (Å²) in [7, 11) is 0. The zero-order valence-electron chi connectivity index (χ0n) is 12.5. The minimum absolute atomic E-state index is 0.0249. The van der Waals surface area contributed by atoms with E-state index in [1.54, 1.807) is 0 Å². The van der Waals surface area contributed by atoms with Crippen molar-refractivity contribution in [2.75, 3.05) is 6.54 Å². The molecule has 112 valence electrons. The fourth-order valence-corrected chi connectivity index (χ4v) is 3.33. The van der Waals surface area contributed by atoms with Crippen molar-refractivity contribution in [3.8, 4) is 0 Å². The number of nitrogens with one attached hydrogen (secondary N) is 1. The number of rotatable bonds is 4. The number of benzene rings is 1. The maximum atomic E-state index is 14.1. The van der Waals surface area contributed by atoms with Crippen LogP contribution in [-0.2, 0) is 4.74 Å². The second kappa shape index (κ2) is 6.19. The SMILES string of the molecule is CCNC(c1c(F)cccc1F)C1C(C)OC(C)C1C. The molecule has 0 spiro atoms. The van der Waals surface area contributed by atoms with E-state index in [9.17, 15) is 8.78 Å². The van der Waals surface area contributed by atoms with Gasteiger partial charge in [-0.2, -0.15) is 0 Å². The van der Waals surface area contributed by atoms with Crippen molar-refractivity contribution in [3.63, 3.8) is 0 Å². The Morgan fingerprint density at radius 1 is 1.15 bits per heavy atom. The van der Waals surface area contributed by atoms with Crippen LogP contribution in [0, 0.1) is 23.5 Å². The van der Waals surface area contributed by atoms with Crippen molar-refractivity contribution in [2.24, 2.45) is 11.8 Å². The Balaban J connectivity index is 2.41. The molecule has 1 saturated heterocycles. The van der Waals surface area contributed by atoms with Gasteiger partial charge >= 0.3 is 0 Å². The Kier molecular flexibility index (Phi) is 4.76. The molecule has 20 heavy (non-hydrogen) atoms. The first-order chi connectivity index (χ1) is 9.47. The maximum Gasteiger partial charge on any atom is 0.130 e. The van der Waals surface area contributed by atoms with Crippen LogP contribution in [0.3, 0.4) is 0 Å². The molecule has 0 saturated carbocycles. The lowest BCUT2D eigenvalue weighted by molar-refractivity contribution is 0.0473. The van der Waals surface area contributed by atoms with E-state index in [-0.39, 0.29) is 35.6 Å². The molecule has 5 unspecified atom stereocenters. The molecule has 1 N–H and O–H groups in total. The molecule has 1 aromatic rings. The average molecular weight is 283 g/mol. The quantitative estimate of drug-likeness (QED) is 0.910. The van der Waals surface area contributed by atoms with Crippen LogP contribution >= 0.6 is 0 Å². The van der Waals surface area contributed by atoms with E-state index < -0.39 is 11.6 Å². The number of halogens is 2. The summed E-state index contributed by atoms with van der Waals surface area (Å²) >= 11 is 0. The van der Waals surface area contributed by atoms with Gasteiger partial charge in [-0.05, 0) is 38.4 Å². The van der Waals surface area contributed by atoms with Crippen molar-refractivity contribution in [2.45, 2.75) is 45.9 Å². The molecule has 1 aliphatic heterocycles. The van der Waals surface area contributed by atoms with Crippen molar-refractivity contribution >= 4 is 0 Å². The summed E-state index contributed by atoms with van der Waals surface area (Å²) in [4.78, 5) is 0. The average Bonchev–Trinajstić information content (AvgIpc) is 2.62. The molecule has 0 aromatic heterocycles. The van der Waals surface area contributed by atoms with Crippen molar-refractivity contribution < 1.29 is 13.5 Å². The summed E-state index contributed by atoms with van der Waals surface area (Å²) < 4.78 is 34.0. The predicted octanol–water partition coefficient (Wildman–Crippen LogP) is 3.67. The van der Waals surface area contributed by atoms with Gasteiger partial charge in [-0.25, -0.2) is 8.78 Å². The number of ether oxygens (including phenoxy) is 1. The fraction of sp³-hybridized carbons (Fsp3) is 0.625. The highest BCUT2D eigenvalue weighted by Gasteiger charge is 2.43. The van der Waals surface area contributed by atoms with Crippen LogP contribution in [0.1, 0.15) is 39.3 Å². The largest absolute Gasteiger partial charge is 0.375 e. The van der Waals surface area contributed by atoms with Crippen molar-refractivity contribution in [1.29, 1.82) is 0 Å². The molecule has 0 aliphatic carbocycles. The third kappa shape index (κ3) is 2.72. The molecular weight excluding hydrogens is 260 g/mol. The van der Waals surface area contributed by atoms with Crippen LogP contribution in [0.5, 0.6) is 0 Å². The maximum absolute atomic E-state index is 14.1. The minimum atomic E-state index is -0.491. The normalized spacial score (nSPS) is 31.5. The molecule has 0 amide bonds. The fourth-order valence-electron chi connectivity index (χ4n) is 3.33. The topological polar surface area (TPSA) is 21.3 Å². The zero-order valence-corrected chi connectivity index (χ0v) is 12.5. The van der Waals surface area contributed by atoms with Gasteiger partial charge in [0.25, 0.3) is 0 Å². The Morgan fingerprint density at radius 2 is 1.75 bits per heavy atom. The smallest absolute Gasteiger partial charge is 0.130 e. The summed E-state index contributed by atoms with van der Waals surface area (Å²) in [6, 6.07) is 3.67. The van der Waals surface area contributed by atoms with Crippen LogP contribution < -0.4 is 5.32 Å². The molecule has 2 nitrogen and oxygen atoms in total. The van der Waals surface area contributed by atoms with Gasteiger partial charge in [-0.3, -0.25) is 0 Å². The summed E-state index contributed by atoms with van der Waals surface area (Å²) in [5, 5.41) is 3.24. The molecule has 0 radical (unpaired) electrons.